The van der Waals surface area contributed by atoms with Gasteiger partial charge in [0, 0.05) is 6.42 Å². The lowest BCUT2D eigenvalue weighted by molar-refractivity contribution is -0.142. The van der Waals surface area contributed by atoms with Gasteiger partial charge in [0.1, 0.15) is 6.61 Å². The largest absolute Gasteiger partial charge is 0.461 e. The van der Waals surface area contributed by atoms with Crippen LogP contribution in [0.2, 0.25) is 0 Å². The number of rotatable bonds is 26. The Bertz CT molecular complexity index is 758. The molecule has 0 atom stereocenters. The van der Waals surface area contributed by atoms with Crippen molar-refractivity contribution in [1.29, 1.82) is 0 Å². The van der Waals surface area contributed by atoms with Gasteiger partial charge in [0.25, 0.3) is 0 Å². The Morgan fingerprint density at radius 3 is 1.48 bits per heavy atom. The van der Waals surface area contributed by atoms with E-state index < -0.39 is 0 Å². The first-order valence-electron chi connectivity index (χ1n) is 16.8. The SMILES string of the molecule is CCCCCC/C=C/CCCCCCCCCC(=O)OC/C=C(\C)CC/C=C(\C)CC/C=C(\C)CCC=C(C)C. The van der Waals surface area contributed by atoms with Gasteiger partial charge >= 0.3 is 5.97 Å². The average Bonchev–Trinajstić information content (AvgIpc) is 2.90. The molecule has 0 saturated carbocycles. The molecule has 0 spiro atoms. The van der Waals surface area contributed by atoms with Crippen molar-refractivity contribution >= 4 is 5.97 Å². The van der Waals surface area contributed by atoms with Crippen LogP contribution in [0.4, 0.5) is 0 Å². The zero-order chi connectivity index (χ0) is 29.7. The van der Waals surface area contributed by atoms with Crippen LogP contribution in [0.5, 0.6) is 0 Å². The number of hydrogen-bond donors (Lipinski definition) is 0. The molecule has 2 heteroatoms. The molecule has 0 fully saturated rings. The third-order valence-electron chi connectivity index (χ3n) is 7.47. The molecule has 0 saturated heterocycles. The number of allylic oxidation sites excluding steroid dienone is 9. The second-order valence-corrected chi connectivity index (χ2v) is 12.1. The maximum Gasteiger partial charge on any atom is 0.306 e. The minimum atomic E-state index is -0.0505. The molecule has 0 aliphatic rings. The van der Waals surface area contributed by atoms with E-state index in [1.807, 2.05) is 0 Å². The summed E-state index contributed by atoms with van der Waals surface area (Å²) in [5.74, 6) is -0.0505. The van der Waals surface area contributed by atoms with E-state index in [1.165, 1.54) is 99.3 Å². The Kier molecular flexibility index (Phi) is 27.4. The normalized spacial score (nSPS) is 12.8. The molecule has 0 unspecified atom stereocenters. The molecule has 0 aromatic carbocycles. The van der Waals surface area contributed by atoms with Crippen molar-refractivity contribution in [1.82, 2.24) is 0 Å². The van der Waals surface area contributed by atoms with Gasteiger partial charge in [-0.05, 0) is 111 Å². The maximum atomic E-state index is 12.0. The minimum absolute atomic E-state index is 0.0505. The minimum Gasteiger partial charge on any atom is -0.461 e. The monoisotopic (exact) mass is 555 g/mol. The van der Waals surface area contributed by atoms with Crippen molar-refractivity contribution in [3.8, 4) is 0 Å². The van der Waals surface area contributed by atoms with E-state index >= 15 is 0 Å². The van der Waals surface area contributed by atoms with Gasteiger partial charge in [-0.3, -0.25) is 4.79 Å². The average molecular weight is 555 g/mol. The summed E-state index contributed by atoms with van der Waals surface area (Å²) in [6.45, 7) is 13.6. The highest BCUT2D eigenvalue weighted by atomic mass is 16.5. The molecule has 40 heavy (non-hydrogen) atoms. The third-order valence-corrected chi connectivity index (χ3v) is 7.47. The highest BCUT2D eigenvalue weighted by Gasteiger charge is 2.02. The fourth-order valence-electron chi connectivity index (χ4n) is 4.68. The summed E-state index contributed by atoms with van der Waals surface area (Å²) in [6.07, 6.45) is 37.6. The quantitative estimate of drug-likeness (QED) is 0.0603. The zero-order valence-electron chi connectivity index (χ0n) is 27.6. The molecule has 0 aromatic rings. The fourth-order valence-corrected chi connectivity index (χ4v) is 4.68. The van der Waals surface area contributed by atoms with Crippen LogP contribution in [-0.2, 0) is 9.53 Å². The van der Waals surface area contributed by atoms with Crippen molar-refractivity contribution in [2.24, 2.45) is 0 Å². The summed E-state index contributed by atoms with van der Waals surface area (Å²) >= 11 is 0. The standard InChI is InChI=1S/C38H66O2/c1-7-8-9-10-11-12-13-14-15-16-17-18-19-20-21-31-38(39)40-33-32-37(6)30-24-29-36(5)28-23-27-35(4)26-22-25-34(2)3/h12-13,25,27,29,32H,7-11,14-24,26,28,30-31,33H2,1-6H3/b13-12+,35-27+,36-29+,37-32+. The van der Waals surface area contributed by atoms with E-state index in [0.29, 0.717) is 13.0 Å². The van der Waals surface area contributed by atoms with Crippen LogP contribution < -0.4 is 0 Å². The van der Waals surface area contributed by atoms with Gasteiger partial charge in [-0.1, -0.05) is 111 Å². The van der Waals surface area contributed by atoms with Crippen molar-refractivity contribution in [3.05, 3.63) is 58.7 Å². The first kappa shape index (κ1) is 38.2. The van der Waals surface area contributed by atoms with Crippen LogP contribution in [0.15, 0.2) is 58.7 Å². The number of hydrogen-bond acceptors (Lipinski definition) is 2. The van der Waals surface area contributed by atoms with Crippen molar-refractivity contribution in [2.45, 2.75) is 170 Å². The van der Waals surface area contributed by atoms with Crippen LogP contribution in [0.3, 0.4) is 0 Å². The van der Waals surface area contributed by atoms with Crippen molar-refractivity contribution in [2.75, 3.05) is 6.61 Å². The van der Waals surface area contributed by atoms with Gasteiger partial charge in [-0.25, -0.2) is 0 Å². The summed E-state index contributed by atoms with van der Waals surface area (Å²) in [6, 6.07) is 0. The van der Waals surface area contributed by atoms with Gasteiger partial charge in [0.15, 0.2) is 0 Å². The number of carbonyl (C=O) groups is 1. The highest BCUT2D eigenvalue weighted by Crippen LogP contribution is 2.14. The Morgan fingerprint density at radius 2 is 0.950 bits per heavy atom. The molecule has 2 nitrogen and oxygen atoms in total. The summed E-state index contributed by atoms with van der Waals surface area (Å²) in [5.41, 5.74) is 5.67. The van der Waals surface area contributed by atoms with Crippen LogP contribution in [-0.4, -0.2) is 12.6 Å². The Morgan fingerprint density at radius 1 is 0.500 bits per heavy atom. The molecule has 0 radical (unpaired) electrons. The van der Waals surface area contributed by atoms with E-state index in [-0.39, 0.29) is 5.97 Å². The third kappa shape index (κ3) is 29.2. The molecule has 0 rings (SSSR count). The molecule has 230 valence electrons. The second-order valence-electron chi connectivity index (χ2n) is 12.1. The first-order chi connectivity index (χ1) is 19.3. The molecular formula is C38H66O2. The zero-order valence-corrected chi connectivity index (χ0v) is 27.6. The second kappa shape index (κ2) is 28.7. The van der Waals surface area contributed by atoms with E-state index in [2.05, 4.69) is 78.0 Å². The molecule has 0 aromatic heterocycles. The molecule has 0 aliphatic carbocycles. The van der Waals surface area contributed by atoms with Crippen LogP contribution in [0, 0.1) is 0 Å². The van der Waals surface area contributed by atoms with Crippen LogP contribution >= 0.6 is 0 Å². The Hall–Kier alpha value is -1.83. The number of carbonyl (C=O) groups excluding carboxylic acids is 1. The number of esters is 1. The number of ether oxygens (including phenoxy) is 1. The van der Waals surface area contributed by atoms with Crippen molar-refractivity contribution in [3.63, 3.8) is 0 Å². The van der Waals surface area contributed by atoms with Gasteiger partial charge < -0.3 is 4.74 Å². The van der Waals surface area contributed by atoms with E-state index in [9.17, 15) is 4.79 Å². The fraction of sp³-hybridized carbons (Fsp3) is 0.711. The van der Waals surface area contributed by atoms with E-state index in [4.69, 9.17) is 4.74 Å². The predicted molar refractivity (Wildman–Crippen MR) is 179 cm³/mol. The number of unbranched alkanes of at least 4 members (excludes halogenated alkanes) is 11. The Balaban J connectivity index is 3.70. The van der Waals surface area contributed by atoms with Gasteiger partial charge in [0.05, 0.1) is 0 Å². The lowest BCUT2D eigenvalue weighted by Crippen LogP contribution is -2.04. The highest BCUT2D eigenvalue weighted by molar-refractivity contribution is 5.69. The molecule has 0 bridgehead atoms. The summed E-state index contributed by atoms with van der Waals surface area (Å²) in [4.78, 5) is 12.0. The van der Waals surface area contributed by atoms with Crippen LogP contribution in [0.25, 0.3) is 0 Å². The molecule has 0 aliphatic heterocycles. The van der Waals surface area contributed by atoms with Crippen LogP contribution in [0.1, 0.15) is 170 Å². The van der Waals surface area contributed by atoms with Gasteiger partial charge in [-0.15, -0.1) is 0 Å². The lowest BCUT2D eigenvalue weighted by atomic mass is 10.0. The topological polar surface area (TPSA) is 26.3 Å². The first-order valence-corrected chi connectivity index (χ1v) is 16.8. The summed E-state index contributed by atoms with van der Waals surface area (Å²) in [7, 11) is 0. The molecule has 0 amide bonds. The summed E-state index contributed by atoms with van der Waals surface area (Å²) < 4.78 is 5.43. The maximum absolute atomic E-state index is 12.0. The molecule has 0 heterocycles. The van der Waals surface area contributed by atoms with Gasteiger partial charge in [0.2, 0.25) is 0 Å². The van der Waals surface area contributed by atoms with E-state index in [0.717, 1.165) is 44.9 Å². The van der Waals surface area contributed by atoms with E-state index in [1.54, 1.807) is 0 Å². The lowest BCUT2D eigenvalue weighted by Gasteiger charge is -2.05. The molecule has 0 N–H and O–H groups in total. The van der Waals surface area contributed by atoms with Gasteiger partial charge in [-0.2, -0.15) is 0 Å². The predicted octanol–water partition coefficient (Wildman–Crippen LogP) is 12.7. The molecular weight excluding hydrogens is 488 g/mol. The Labute approximate surface area is 250 Å². The van der Waals surface area contributed by atoms with Crippen molar-refractivity contribution < 1.29 is 9.53 Å². The smallest absolute Gasteiger partial charge is 0.306 e. The summed E-state index contributed by atoms with van der Waals surface area (Å²) in [5, 5.41) is 0.